The summed E-state index contributed by atoms with van der Waals surface area (Å²) in [6, 6.07) is 6.10. The zero-order valence-corrected chi connectivity index (χ0v) is 13.8. The van der Waals surface area contributed by atoms with E-state index in [1.165, 1.54) is 24.0 Å². The molecule has 3 rings (SSSR count). The van der Waals surface area contributed by atoms with Crippen molar-refractivity contribution in [3.05, 3.63) is 45.2 Å². The molecule has 0 N–H and O–H groups in total. The molecule has 0 atom stereocenters. The molecule has 21 heavy (non-hydrogen) atoms. The number of hydrogen-bond acceptors (Lipinski definition) is 2. The van der Waals surface area contributed by atoms with Crippen molar-refractivity contribution in [1.82, 2.24) is 9.97 Å². The van der Waals surface area contributed by atoms with E-state index in [-0.39, 0.29) is 0 Å². The van der Waals surface area contributed by atoms with E-state index >= 15 is 0 Å². The number of rotatable bonds is 2. The highest BCUT2D eigenvalue weighted by atomic mass is 35.5. The average molecular weight is 321 g/mol. The molecule has 1 aliphatic carbocycles. The minimum absolute atomic E-state index is 0.414. The summed E-state index contributed by atoms with van der Waals surface area (Å²) in [5, 5.41) is 1.02. The molecular weight excluding hydrogens is 303 g/mol. The Labute approximate surface area is 135 Å². The maximum Gasteiger partial charge on any atom is 0.162 e. The second kappa shape index (κ2) is 5.94. The highest BCUT2D eigenvalue weighted by Gasteiger charge is 2.25. The van der Waals surface area contributed by atoms with Gasteiger partial charge >= 0.3 is 0 Å². The summed E-state index contributed by atoms with van der Waals surface area (Å²) in [5.74, 6) is 1.03. The van der Waals surface area contributed by atoms with Crippen molar-refractivity contribution in [2.24, 2.45) is 0 Å². The first-order valence-electron chi connectivity index (χ1n) is 7.37. The van der Waals surface area contributed by atoms with Crippen LogP contribution in [0.5, 0.6) is 0 Å². The summed E-state index contributed by atoms with van der Waals surface area (Å²) in [6.45, 7) is 4.15. The van der Waals surface area contributed by atoms with Gasteiger partial charge in [-0.1, -0.05) is 54.2 Å². The van der Waals surface area contributed by atoms with Crippen LogP contribution in [-0.2, 0) is 0 Å². The van der Waals surface area contributed by atoms with Crippen LogP contribution < -0.4 is 0 Å². The Morgan fingerprint density at radius 3 is 2.24 bits per heavy atom. The number of benzene rings is 1. The van der Waals surface area contributed by atoms with Crippen LogP contribution in [0.25, 0.3) is 11.4 Å². The topological polar surface area (TPSA) is 25.8 Å². The Morgan fingerprint density at radius 2 is 1.62 bits per heavy atom. The van der Waals surface area contributed by atoms with Crippen molar-refractivity contribution >= 4 is 23.2 Å². The molecule has 0 spiro atoms. The van der Waals surface area contributed by atoms with Crippen molar-refractivity contribution in [3.63, 3.8) is 0 Å². The monoisotopic (exact) mass is 320 g/mol. The van der Waals surface area contributed by atoms with Crippen molar-refractivity contribution in [1.29, 1.82) is 0 Å². The fraction of sp³-hybridized carbons (Fsp3) is 0.412. The maximum absolute atomic E-state index is 6.42. The number of halogens is 2. The Kier molecular flexibility index (Phi) is 4.19. The fourth-order valence-electron chi connectivity index (χ4n) is 3.08. The Bertz CT molecular complexity index is 653. The van der Waals surface area contributed by atoms with Crippen LogP contribution in [0.2, 0.25) is 10.3 Å². The quantitative estimate of drug-likeness (QED) is 0.661. The van der Waals surface area contributed by atoms with Gasteiger partial charge in [-0.2, -0.15) is 0 Å². The van der Waals surface area contributed by atoms with E-state index in [1.807, 2.05) is 12.1 Å². The summed E-state index contributed by atoms with van der Waals surface area (Å²) in [4.78, 5) is 9.04. The second-order valence-electron chi connectivity index (χ2n) is 5.77. The van der Waals surface area contributed by atoms with E-state index in [2.05, 4.69) is 29.9 Å². The molecule has 0 saturated heterocycles. The van der Waals surface area contributed by atoms with E-state index in [1.54, 1.807) is 0 Å². The van der Waals surface area contributed by atoms with Crippen LogP contribution in [0.3, 0.4) is 0 Å². The zero-order valence-electron chi connectivity index (χ0n) is 12.3. The molecule has 110 valence electrons. The number of nitrogens with zero attached hydrogens (tertiary/aromatic N) is 2. The maximum atomic E-state index is 6.42. The lowest BCUT2D eigenvalue weighted by Crippen LogP contribution is -2.02. The minimum atomic E-state index is 0.414. The standard InChI is InChI=1S/C17H18Cl2N2/c1-10-6-5-9-13(11(10)2)17-20-15(18)14(16(19)21-17)12-7-3-4-8-12/h5-6,9,12H,3-4,7-8H2,1-2H3. The largest absolute Gasteiger partial charge is 0.216 e. The molecule has 0 aliphatic heterocycles. The van der Waals surface area contributed by atoms with Gasteiger partial charge in [-0.15, -0.1) is 0 Å². The fourth-order valence-corrected chi connectivity index (χ4v) is 3.78. The van der Waals surface area contributed by atoms with Crippen LogP contribution in [0.4, 0.5) is 0 Å². The highest BCUT2D eigenvalue weighted by Crippen LogP contribution is 2.40. The van der Waals surface area contributed by atoms with Gasteiger partial charge in [-0.25, -0.2) is 9.97 Å². The first kappa shape index (κ1) is 14.8. The molecule has 2 aromatic rings. The van der Waals surface area contributed by atoms with Crippen LogP contribution in [0.1, 0.15) is 48.3 Å². The molecule has 2 nitrogen and oxygen atoms in total. The van der Waals surface area contributed by atoms with Gasteiger partial charge in [0.2, 0.25) is 0 Å². The molecule has 0 radical (unpaired) electrons. The molecule has 1 heterocycles. The number of hydrogen-bond donors (Lipinski definition) is 0. The van der Waals surface area contributed by atoms with E-state index in [0.29, 0.717) is 22.0 Å². The molecule has 1 aliphatic rings. The first-order valence-corrected chi connectivity index (χ1v) is 8.13. The average Bonchev–Trinajstić information content (AvgIpc) is 2.95. The molecular formula is C17H18Cl2N2. The van der Waals surface area contributed by atoms with Gasteiger partial charge in [0.15, 0.2) is 5.82 Å². The third kappa shape index (κ3) is 2.79. The third-order valence-corrected chi connectivity index (χ3v) is 5.04. The van der Waals surface area contributed by atoms with Gasteiger partial charge in [0, 0.05) is 11.1 Å². The van der Waals surface area contributed by atoms with Crippen molar-refractivity contribution in [2.45, 2.75) is 45.4 Å². The predicted octanol–water partition coefficient (Wildman–Crippen LogP) is 5.72. The third-order valence-electron chi connectivity index (χ3n) is 4.46. The van der Waals surface area contributed by atoms with Gasteiger partial charge in [0.1, 0.15) is 10.3 Å². The number of aromatic nitrogens is 2. The smallest absolute Gasteiger partial charge is 0.162 e. The van der Waals surface area contributed by atoms with Gasteiger partial charge in [-0.05, 0) is 43.7 Å². The van der Waals surface area contributed by atoms with Crippen molar-refractivity contribution in [2.75, 3.05) is 0 Å². The first-order chi connectivity index (χ1) is 10.1. The normalized spacial score (nSPS) is 15.6. The van der Waals surface area contributed by atoms with Crippen LogP contribution in [-0.4, -0.2) is 9.97 Å². The molecule has 0 amide bonds. The molecule has 0 bridgehead atoms. The highest BCUT2D eigenvalue weighted by molar-refractivity contribution is 6.34. The Morgan fingerprint density at radius 1 is 1.00 bits per heavy atom. The summed E-state index contributed by atoms with van der Waals surface area (Å²) in [5.41, 5.74) is 4.31. The Balaban J connectivity index is 2.08. The number of aryl methyl sites for hydroxylation is 1. The van der Waals surface area contributed by atoms with Crippen LogP contribution >= 0.6 is 23.2 Å². The van der Waals surface area contributed by atoms with Gasteiger partial charge in [0.05, 0.1) is 0 Å². The second-order valence-corrected chi connectivity index (χ2v) is 6.49. The lowest BCUT2D eigenvalue weighted by molar-refractivity contribution is 0.715. The molecule has 1 saturated carbocycles. The van der Waals surface area contributed by atoms with Crippen LogP contribution in [0, 0.1) is 13.8 Å². The SMILES string of the molecule is Cc1cccc(-c2nc(Cl)c(C3CCCC3)c(Cl)n2)c1C. The van der Waals surface area contributed by atoms with E-state index in [0.717, 1.165) is 24.0 Å². The summed E-state index contributed by atoms with van der Waals surface area (Å²) < 4.78 is 0. The molecule has 1 fully saturated rings. The molecule has 4 heteroatoms. The lowest BCUT2D eigenvalue weighted by atomic mass is 10.00. The minimum Gasteiger partial charge on any atom is -0.216 e. The van der Waals surface area contributed by atoms with E-state index < -0.39 is 0 Å². The molecule has 0 unspecified atom stereocenters. The summed E-state index contributed by atoms with van der Waals surface area (Å²) >= 11 is 12.8. The predicted molar refractivity (Wildman–Crippen MR) is 88.2 cm³/mol. The summed E-state index contributed by atoms with van der Waals surface area (Å²) in [7, 11) is 0. The van der Waals surface area contributed by atoms with Gasteiger partial charge < -0.3 is 0 Å². The van der Waals surface area contributed by atoms with E-state index in [4.69, 9.17) is 23.2 Å². The van der Waals surface area contributed by atoms with Gasteiger partial charge in [0.25, 0.3) is 0 Å². The lowest BCUT2D eigenvalue weighted by Gasteiger charge is -2.15. The molecule has 1 aromatic heterocycles. The van der Waals surface area contributed by atoms with E-state index in [9.17, 15) is 0 Å². The van der Waals surface area contributed by atoms with Crippen molar-refractivity contribution < 1.29 is 0 Å². The van der Waals surface area contributed by atoms with Crippen LogP contribution in [0.15, 0.2) is 18.2 Å². The molecule has 1 aromatic carbocycles. The zero-order chi connectivity index (χ0) is 15.0. The Hall–Kier alpha value is -1.12. The van der Waals surface area contributed by atoms with Crippen molar-refractivity contribution in [3.8, 4) is 11.4 Å². The summed E-state index contributed by atoms with van der Waals surface area (Å²) in [6.07, 6.45) is 4.73. The van der Waals surface area contributed by atoms with Gasteiger partial charge in [-0.3, -0.25) is 0 Å².